The van der Waals surface area contributed by atoms with Crippen molar-refractivity contribution in [2.75, 3.05) is 0 Å². The van der Waals surface area contributed by atoms with Crippen molar-refractivity contribution in [2.45, 2.75) is 64.8 Å². The molecule has 1 unspecified atom stereocenters. The topological polar surface area (TPSA) is 66.4 Å². The van der Waals surface area contributed by atoms with Crippen LogP contribution in [0, 0.1) is 0 Å². The van der Waals surface area contributed by atoms with E-state index in [4.69, 9.17) is 5.11 Å². The second-order valence-corrected chi connectivity index (χ2v) is 4.70. The molecule has 4 heteroatoms. The number of carboxylic acid groups (broad SMARTS) is 1. The highest BCUT2D eigenvalue weighted by atomic mass is 16.4. The van der Waals surface area contributed by atoms with E-state index in [-0.39, 0.29) is 5.91 Å². The highest BCUT2D eigenvalue weighted by molar-refractivity contribution is 5.94. The summed E-state index contributed by atoms with van der Waals surface area (Å²) in [6, 6.07) is -0.791. The molecule has 0 bridgehead atoms. The Labute approximate surface area is 109 Å². The van der Waals surface area contributed by atoms with Crippen LogP contribution in [-0.2, 0) is 9.59 Å². The summed E-state index contributed by atoms with van der Waals surface area (Å²) in [5.74, 6) is -1.36. The minimum absolute atomic E-state index is 0.337. The van der Waals surface area contributed by atoms with E-state index < -0.39 is 12.0 Å². The summed E-state index contributed by atoms with van der Waals surface area (Å²) in [5.41, 5.74) is 0.337. The molecule has 0 saturated carbocycles. The second kappa shape index (κ2) is 9.68. The molecule has 0 aromatic rings. The second-order valence-electron chi connectivity index (χ2n) is 4.70. The van der Waals surface area contributed by atoms with Crippen LogP contribution in [0.1, 0.15) is 58.8 Å². The molecule has 0 heterocycles. The minimum Gasteiger partial charge on any atom is -0.480 e. The van der Waals surface area contributed by atoms with Gasteiger partial charge in [0.1, 0.15) is 6.04 Å². The van der Waals surface area contributed by atoms with Crippen LogP contribution < -0.4 is 5.32 Å². The first-order valence-electron chi connectivity index (χ1n) is 6.68. The molecule has 0 aromatic carbocycles. The van der Waals surface area contributed by atoms with Crippen LogP contribution in [0.25, 0.3) is 0 Å². The van der Waals surface area contributed by atoms with Gasteiger partial charge in [-0.1, -0.05) is 52.0 Å². The van der Waals surface area contributed by atoms with Gasteiger partial charge in [0.25, 0.3) is 0 Å². The molecular weight excluding hydrogens is 230 g/mol. The first-order chi connectivity index (χ1) is 8.49. The Balaban J connectivity index is 3.88. The quantitative estimate of drug-likeness (QED) is 0.466. The van der Waals surface area contributed by atoms with Gasteiger partial charge in [-0.05, 0) is 13.3 Å². The smallest absolute Gasteiger partial charge is 0.326 e. The molecule has 0 aliphatic heterocycles. The zero-order valence-electron chi connectivity index (χ0n) is 11.5. The first kappa shape index (κ1) is 16.7. The van der Waals surface area contributed by atoms with E-state index >= 15 is 0 Å². The third-order valence-corrected chi connectivity index (χ3v) is 2.84. The number of carboxylic acids is 1. The van der Waals surface area contributed by atoms with E-state index in [1.807, 2.05) is 0 Å². The van der Waals surface area contributed by atoms with E-state index in [9.17, 15) is 9.59 Å². The Morgan fingerprint density at radius 1 is 1.17 bits per heavy atom. The molecule has 0 aliphatic rings. The zero-order chi connectivity index (χ0) is 14.0. The van der Waals surface area contributed by atoms with Crippen molar-refractivity contribution in [3.63, 3.8) is 0 Å². The monoisotopic (exact) mass is 255 g/mol. The van der Waals surface area contributed by atoms with Gasteiger partial charge in [0.15, 0.2) is 0 Å². The van der Waals surface area contributed by atoms with Gasteiger partial charge in [0.05, 0.1) is 0 Å². The van der Waals surface area contributed by atoms with E-state index in [0.717, 1.165) is 19.3 Å². The molecule has 0 fully saturated rings. The Morgan fingerprint density at radius 2 is 1.72 bits per heavy atom. The molecule has 4 nitrogen and oxygen atoms in total. The lowest BCUT2D eigenvalue weighted by Gasteiger charge is -2.14. The summed E-state index contributed by atoms with van der Waals surface area (Å²) < 4.78 is 0. The van der Waals surface area contributed by atoms with E-state index in [0.29, 0.717) is 12.0 Å². The molecule has 0 spiro atoms. The molecule has 0 radical (unpaired) electrons. The van der Waals surface area contributed by atoms with Crippen molar-refractivity contribution in [3.8, 4) is 0 Å². The van der Waals surface area contributed by atoms with Crippen molar-refractivity contribution in [3.05, 3.63) is 12.2 Å². The third-order valence-electron chi connectivity index (χ3n) is 2.84. The first-order valence-corrected chi connectivity index (χ1v) is 6.68. The number of aliphatic carboxylic acids is 1. The van der Waals surface area contributed by atoms with Crippen molar-refractivity contribution < 1.29 is 14.7 Å². The molecule has 104 valence electrons. The Morgan fingerprint density at radius 3 is 2.22 bits per heavy atom. The largest absolute Gasteiger partial charge is 0.480 e. The predicted molar refractivity (Wildman–Crippen MR) is 72.4 cm³/mol. The van der Waals surface area contributed by atoms with E-state index in [2.05, 4.69) is 18.8 Å². The third kappa shape index (κ3) is 7.87. The lowest BCUT2D eigenvalue weighted by atomic mass is 10.1. The average molecular weight is 255 g/mol. The molecule has 0 aliphatic carbocycles. The summed E-state index contributed by atoms with van der Waals surface area (Å²) in [7, 11) is 0. The summed E-state index contributed by atoms with van der Waals surface area (Å²) in [5, 5.41) is 11.5. The van der Waals surface area contributed by atoms with Gasteiger partial charge in [-0.3, -0.25) is 4.79 Å². The highest BCUT2D eigenvalue weighted by Crippen LogP contribution is 2.09. The van der Waals surface area contributed by atoms with Gasteiger partial charge in [-0.25, -0.2) is 4.79 Å². The molecule has 0 saturated heterocycles. The number of rotatable bonds is 10. The van der Waals surface area contributed by atoms with Crippen molar-refractivity contribution in [1.29, 1.82) is 0 Å². The van der Waals surface area contributed by atoms with Gasteiger partial charge < -0.3 is 10.4 Å². The Hall–Kier alpha value is -1.32. The SMILES string of the molecule is C=C(C)C(=O)NC(CCCCCCCC)C(=O)O. The normalized spacial score (nSPS) is 11.9. The number of carbonyl (C=O) groups is 2. The average Bonchev–Trinajstić information content (AvgIpc) is 2.31. The van der Waals surface area contributed by atoms with E-state index in [1.165, 1.54) is 19.3 Å². The fraction of sp³-hybridized carbons (Fsp3) is 0.714. The number of amides is 1. The van der Waals surface area contributed by atoms with Crippen LogP contribution in [0.2, 0.25) is 0 Å². The Bertz CT molecular complexity index is 287. The highest BCUT2D eigenvalue weighted by Gasteiger charge is 2.19. The van der Waals surface area contributed by atoms with Gasteiger partial charge in [0.2, 0.25) is 5.91 Å². The van der Waals surface area contributed by atoms with Crippen LogP contribution in [0.3, 0.4) is 0 Å². The van der Waals surface area contributed by atoms with Crippen LogP contribution in [0.5, 0.6) is 0 Å². The van der Waals surface area contributed by atoms with Crippen LogP contribution >= 0.6 is 0 Å². The molecular formula is C14H25NO3. The standard InChI is InChI=1S/C14H25NO3/c1-4-5-6-7-8-9-10-12(14(17)18)15-13(16)11(2)3/h12H,2,4-10H2,1,3H3,(H,15,16)(H,17,18). The summed E-state index contributed by atoms with van der Waals surface area (Å²) in [6.45, 7) is 7.22. The maximum absolute atomic E-state index is 11.4. The van der Waals surface area contributed by atoms with E-state index in [1.54, 1.807) is 6.92 Å². The number of unbranched alkanes of at least 4 members (excludes halogenated alkanes) is 5. The maximum atomic E-state index is 11.4. The van der Waals surface area contributed by atoms with Gasteiger partial charge in [0, 0.05) is 5.57 Å². The number of hydrogen-bond acceptors (Lipinski definition) is 2. The molecule has 1 atom stereocenters. The van der Waals surface area contributed by atoms with Crippen molar-refractivity contribution in [2.24, 2.45) is 0 Å². The predicted octanol–water partition coefficient (Wildman–Crippen LogP) is 2.88. The van der Waals surface area contributed by atoms with Crippen LogP contribution in [-0.4, -0.2) is 23.0 Å². The Kier molecular flexibility index (Phi) is 8.97. The van der Waals surface area contributed by atoms with Crippen LogP contribution in [0.15, 0.2) is 12.2 Å². The van der Waals surface area contributed by atoms with Gasteiger partial charge >= 0.3 is 5.97 Å². The van der Waals surface area contributed by atoms with Crippen molar-refractivity contribution >= 4 is 11.9 Å². The maximum Gasteiger partial charge on any atom is 0.326 e. The summed E-state index contributed by atoms with van der Waals surface area (Å²) >= 11 is 0. The minimum atomic E-state index is -0.974. The lowest BCUT2D eigenvalue weighted by molar-refractivity contribution is -0.141. The van der Waals surface area contributed by atoms with Crippen LogP contribution in [0.4, 0.5) is 0 Å². The fourth-order valence-electron chi connectivity index (χ4n) is 1.67. The fourth-order valence-corrected chi connectivity index (χ4v) is 1.67. The molecule has 0 rings (SSSR count). The van der Waals surface area contributed by atoms with Gasteiger partial charge in [-0.15, -0.1) is 0 Å². The number of carbonyl (C=O) groups excluding carboxylic acids is 1. The number of hydrogen-bond donors (Lipinski definition) is 2. The molecule has 18 heavy (non-hydrogen) atoms. The summed E-state index contributed by atoms with van der Waals surface area (Å²) in [6.07, 6.45) is 7.10. The zero-order valence-corrected chi connectivity index (χ0v) is 11.5. The lowest BCUT2D eigenvalue weighted by Crippen LogP contribution is -2.40. The summed E-state index contributed by atoms with van der Waals surface area (Å²) in [4.78, 5) is 22.3. The molecule has 1 amide bonds. The molecule has 2 N–H and O–H groups in total. The van der Waals surface area contributed by atoms with Gasteiger partial charge in [-0.2, -0.15) is 0 Å². The number of nitrogens with one attached hydrogen (secondary N) is 1. The van der Waals surface area contributed by atoms with Crippen molar-refractivity contribution in [1.82, 2.24) is 5.32 Å². The molecule has 0 aromatic heterocycles.